The van der Waals surface area contributed by atoms with Crippen LogP contribution >= 0.6 is 0 Å². The second-order valence-electron chi connectivity index (χ2n) is 14.3. The summed E-state index contributed by atoms with van der Waals surface area (Å²) in [4.78, 5) is 5.04. The number of unbranched alkanes of at least 4 members (excludes halogenated alkanes) is 18. The van der Waals surface area contributed by atoms with Crippen molar-refractivity contribution in [2.45, 2.75) is 174 Å². The molecular formula is C44H82N2O2. The third kappa shape index (κ3) is 30.8. The molecule has 0 spiro atoms. The number of hydrogen-bond donors (Lipinski definition) is 0. The molecule has 280 valence electrons. The topological polar surface area (TPSA) is 24.9 Å². The molecule has 0 aromatic heterocycles. The maximum Gasteiger partial charge on any atom is 0.0644 e. The van der Waals surface area contributed by atoms with Gasteiger partial charge in [-0.15, -0.1) is 0 Å². The molecule has 0 unspecified atom stereocenters. The Labute approximate surface area is 300 Å². The highest BCUT2D eigenvalue weighted by Gasteiger charge is 2.22. The molecule has 0 aliphatic carbocycles. The lowest BCUT2D eigenvalue weighted by molar-refractivity contribution is -0.0113. The minimum atomic E-state index is 0.396. The van der Waals surface area contributed by atoms with Crippen molar-refractivity contribution in [1.82, 2.24) is 9.80 Å². The van der Waals surface area contributed by atoms with E-state index in [1.807, 2.05) is 0 Å². The van der Waals surface area contributed by atoms with Crippen LogP contribution in [-0.2, 0) is 9.47 Å². The van der Waals surface area contributed by atoms with Crippen molar-refractivity contribution in [2.24, 2.45) is 0 Å². The highest BCUT2D eigenvalue weighted by molar-refractivity contribution is 4.93. The molecule has 0 N–H and O–H groups in total. The fourth-order valence-corrected chi connectivity index (χ4v) is 6.27. The molecule has 0 aromatic rings. The van der Waals surface area contributed by atoms with Gasteiger partial charge >= 0.3 is 0 Å². The number of nitrogens with zero attached hydrogens (tertiary/aromatic N) is 2. The molecule has 1 rings (SSSR count). The molecule has 0 saturated carbocycles. The van der Waals surface area contributed by atoms with E-state index in [0.717, 1.165) is 65.4 Å². The largest absolute Gasteiger partial charge is 0.380 e. The lowest BCUT2D eigenvalue weighted by Crippen LogP contribution is -2.52. The van der Waals surface area contributed by atoms with Crippen LogP contribution in [0.25, 0.3) is 0 Å². The molecule has 1 fully saturated rings. The molecule has 1 saturated heterocycles. The van der Waals surface area contributed by atoms with Crippen LogP contribution in [0.5, 0.6) is 0 Å². The number of likely N-dealkylation sites (N-methyl/N-ethyl adjacent to an activating group) is 1. The Bertz CT molecular complexity index is 701. The molecule has 0 amide bonds. The fraction of sp³-hybridized carbons (Fsp3) is 0.818. The lowest BCUT2D eigenvalue weighted by Gasteiger charge is -2.37. The maximum atomic E-state index is 6.22. The van der Waals surface area contributed by atoms with E-state index in [-0.39, 0.29) is 0 Å². The summed E-state index contributed by atoms with van der Waals surface area (Å²) in [7, 11) is 2.23. The molecule has 0 bridgehead atoms. The summed E-state index contributed by atoms with van der Waals surface area (Å²) >= 11 is 0. The molecule has 1 aliphatic heterocycles. The van der Waals surface area contributed by atoms with Crippen LogP contribution < -0.4 is 0 Å². The zero-order valence-corrected chi connectivity index (χ0v) is 32.5. The zero-order valence-electron chi connectivity index (χ0n) is 32.5. The standard InChI is InChI=1S/C44H82N2O2/c1-4-6-8-10-12-14-16-18-20-22-24-26-28-30-32-34-40-47-42-44(46-38-36-45(3)37-39-46)43-48-41-35-33-31-29-27-25-23-21-19-17-15-13-11-9-7-5-2/h12-15,18-21,44H,4-11,16-17,22-43H2,1-3H3/b14-12-,15-13-,20-18-,21-19-. The first kappa shape index (κ1) is 44.8. The Morgan fingerprint density at radius 1 is 0.438 bits per heavy atom. The molecule has 1 heterocycles. The van der Waals surface area contributed by atoms with Crippen molar-refractivity contribution in [3.63, 3.8) is 0 Å². The number of ether oxygens (including phenoxy) is 2. The van der Waals surface area contributed by atoms with E-state index in [2.05, 4.69) is 79.3 Å². The van der Waals surface area contributed by atoms with Crippen LogP contribution in [0, 0.1) is 0 Å². The second-order valence-corrected chi connectivity index (χ2v) is 14.3. The van der Waals surface area contributed by atoms with Gasteiger partial charge in [-0.1, -0.05) is 140 Å². The predicted molar refractivity (Wildman–Crippen MR) is 213 cm³/mol. The van der Waals surface area contributed by atoms with E-state index in [1.165, 1.54) is 141 Å². The molecule has 4 heteroatoms. The first-order valence-corrected chi connectivity index (χ1v) is 21.0. The first-order chi connectivity index (χ1) is 23.8. The summed E-state index contributed by atoms with van der Waals surface area (Å²) in [5.41, 5.74) is 0. The molecule has 48 heavy (non-hydrogen) atoms. The van der Waals surface area contributed by atoms with Crippen molar-refractivity contribution in [2.75, 3.05) is 59.7 Å². The highest BCUT2D eigenvalue weighted by atomic mass is 16.5. The van der Waals surface area contributed by atoms with Crippen LogP contribution in [0.15, 0.2) is 48.6 Å². The summed E-state index contributed by atoms with van der Waals surface area (Å²) in [6, 6.07) is 0.396. The summed E-state index contributed by atoms with van der Waals surface area (Å²) in [6.45, 7) is 12.5. The van der Waals surface area contributed by atoms with E-state index in [4.69, 9.17) is 9.47 Å². The normalized spacial score (nSPS) is 15.2. The van der Waals surface area contributed by atoms with Crippen molar-refractivity contribution in [3.8, 4) is 0 Å². The Morgan fingerprint density at radius 3 is 1.19 bits per heavy atom. The van der Waals surface area contributed by atoms with Gasteiger partial charge in [0, 0.05) is 39.4 Å². The van der Waals surface area contributed by atoms with Crippen molar-refractivity contribution >= 4 is 0 Å². The van der Waals surface area contributed by atoms with Crippen LogP contribution in [0.1, 0.15) is 168 Å². The third-order valence-corrected chi connectivity index (χ3v) is 9.65. The van der Waals surface area contributed by atoms with Crippen LogP contribution in [0.2, 0.25) is 0 Å². The average Bonchev–Trinajstić information content (AvgIpc) is 3.10. The highest BCUT2D eigenvalue weighted by Crippen LogP contribution is 2.12. The first-order valence-electron chi connectivity index (χ1n) is 21.0. The number of piperazine rings is 1. The smallest absolute Gasteiger partial charge is 0.0644 e. The minimum absolute atomic E-state index is 0.396. The quantitative estimate of drug-likeness (QED) is 0.0495. The Hall–Kier alpha value is -1.20. The molecule has 0 aromatic carbocycles. The Morgan fingerprint density at radius 2 is 0.792 bits per heavy atom. The monoisotopic (exact) mass is 671 g/mol. The van der Waals surface area contributed by atoms with Gasteiger partial charge in [0.2, 0.25) is 0 Å². The Balaban J connectivity index is 2.01. The van der Waals surface area contributed by atoms with E-state index in [1.54, 1.807) is 0 Å². The molecule has 4 nitrogen and oxygen atoms in total. The van der Waals surface area contributed by atoms with Gasteiger partial charge in [0.05, 0.1) is 19.3 Å². The van der Waals surface area contributed by atoms with Gasteiger partial charge in [-0.2, -0.15) is 0 Å². The summed E-state index contributed by atoms with van der Waals surface area (Å²) in [6.07, 6.45) is 49.7. The Kier molecular flexibility index (Phi) is 34.6. The number of allylic oxidation sites excluding steroid dienone is 8. The van der Waals surface area contributed by atoms with Crippen molar-refractivity contribution in [1.29, 1.82) is 0 Å². The van der Waals surface area contributed by atoms with Gasteiger partial charge in [0.15, 0.2) is 0 Å². The van der Waals surface area contributed by atoms with Gasteiger partial charge in [-0.3, -0.25) is 4.90 Å². The van der Waals surface area contributed by atoms with Crippen molar-refractivity contribution in [3.05, 3.63) is 48.6 Å². The fourth-order valence-electron chi connectivity index (χ4n) is 6.27. The minimum Gasteiger partial charge on any atom is -0.380 e. The van der Waals surface area contributed by atoms with Gasteiger partial charge in [-0.05, 0) is 84.1 Å². The van der Waals surface area contributed by atoms with E-state index in [0.29, 0.717) is 6.04 Å². The summed E-state index contributed by atoms with van der Waals surface area (Å²) in [5.74, 6) is 0. The van der Waals surface area contributed by atoms with Crippen LogP contribution in [0.4, 0.5) is 0 Å². The second kappa shape index (κ2) is 37.1. The molecule has 1 aliphatic rings. The van der Waals surface area contributed by atoms with Crippen molar-refractivity contribution < 1.29 is 9.47 Å². The van der Waals surface area contributed by atoms with Crippen LogP contribution in [-0.4, -0.2) is 75.5 Å². The number of hydrogen-bond acceptors (Lipinski definition) is 4. The van der Waals surface area contributed by atoms with E-state index >= 15 is 0 Å². The predicted octanol–water partition coefficient (Wildman–Crippen LogP) is 12.3. The molecule has 0 radical (unpaired) electrons. The van der Waals surface area contributed by atoms with Gasteiger partial charge in [0.1, 0.15) is 0 Å². The summed E-state index contributed by atoms with van der Waals surface area (Å²) < 4.78 is 12.4. The maximum absolute atomic E-state index is 6.22. The van der Waals surface area contributed by atoms with Gasteiger partial charge < -0.3 is 14.4 Å². The van der Waals surface area contributed by atoms with Gasteiger partial charge in [-0.25, -0.2) is 0 Å². The average molecular weight is 671 g/mol. The SMILES string of the molecule is CCCCC/C=C\C/C=C\CCCCCCCCOCC(COCCCCCCCC/C=C\C/C=C\CCCCC)N1CCN(C)CC1. The van der Waals surface area contributed by atoms with Crippen LogP contribution in [0.3, 0.4) is 0 Å². The van der Waals surface area contributed by atoms with E-state index in [9.17, 15) is 0 Å². The lowest BCUT2D eigenvalue weighted by atomic mass is 10.1. The summed E-state index contributed by atoms with van der Waals surface area (Å²) in [5, 5.41) is 0. The number of rotatable bonds is 35. The third-order valence-electron chi connectivity index (χ3n) is 9.65. The van der Waals surface area contributed by atoms with Gasteiger partial charge in [0.25, 0.3) is 0 Å². The van der Waals surface area contributed by atoms with E-state index < -0.39 is 0 Å². The molecule has 0 atom stereocenters. The molecular weight excluding hydrogens is 588 g/mol. The zero-order chi connectivity index (χ0) is 34.4.